The van der Waals surface area contributed by atoms with Gasteiger partial charge in [0.2, 0.25) is 5.88 Å². The SMILES string of the molecule is COc1cccc(NC2(CCl)CCCC2)n1. The summed E-state index contributed by atoms with van der Waals surface area (Å²) in [6.07, 6.45) is 4.72. The second-order valence-electron chi connectivity index (χ2n) is 4.31. The number of ether oxygens (including phenoxy) is 1. The molecule has 0 saturated heterocycles. The quantitative estimate of drug-likeness (QED) is 0.822. The van der Waals surface area contributed by atoms with Gasteiger partial charge in [-0.2, -0.15) is 4.98 Å². The van der Waals surface area contributed by atoms with E-state index in [1.807, 2.05) is 18.2 Å². The first-order valence-corrected chi connectivity index (χ1v) is 6.17. The second kappa shape index (κ2) is 4.91. The number of methoxy groups -OCH3 is 1. The lowest BCUT2D eigenvalue weighted by Crippen LogP contribution is -2.37. The molecule has 0 atom stereocenters. The van der Waals surface area contributed by atoms with Crippen molar-refractivity contribution in [1.82, 2.24) is 4.98 Å². The average Bonchev–Trinajstić information content (AvgIpc) is 2.78. The van der Waals surface area contributed by atoms with Crippen LogP contribution >= 0.6 is 11.6 Å². The minimum Gasteiger partial charge on any atom is -0.481 e. The Hall–Kier alpha value is -0.960. The van der Waals surface area contributed by atoms with Crippen LogP contribution in [0, 0.1) is 0 Å². The highest BCUT2D eigenvalue weighted by molar-refractivity contribution is 6.18. The third kappa shape index (κ3) is 2.40. The van der Waals surface area contributed by atoms with Crippen LogP contribution in [0.25, 0.3) is 0 Å². The van der Waals surface area contributed by atoms with Crippen LogP contribution in [0.1, 0.15) is 25.7 Å². The van der Waals surface area contributed by atoms with E-state index in [2.05, 4.69) is 10.3 Å². The Bertz CT molecular complexity index is 351. The van der Waals surface area contributed by atoms with E-state index in [0.717, 1.165) is 18.7 Å². The van der Waals surface area contributed by atoms with Gasteiger partial charge in [0, 0.05) is 11.9 Å². The van der Waals surface area contributed by atoms with Crippen molar-refractivity contribution in [2.24, 2.45) is 0 Å². The van der Waals surface area contributed by atoms with Gasteiger partial charge in [-0.25, -0.2) is 0 Å². The molecule has 2 rings (SSSR count). The Morgan fingerprint density at radius 2 is 2.19 bits per heavy atom. The number of hydrogen-bond acceptors (Lipinski definition) is 3. The van der Waals surface area contributed by atoms with E-state index in [4.69, 9.17) is 16.3 Å². The molecule has 0 radical (unpaired) electrons. The summed E-state index contributed by atoms with van der Waals surface area (Å²) in [5.74, 6) is 2.11. The van der Waals surface area contributed by atoms with Gasteiger partial charge >= 0.3 is 0 Å². The minimum absolute atomic E-state index is 0.0287. The molecule has 4 heteroatoms. The van der Waals surface area contributed by atoms with Gasteiger partial charge < -0.3 is 10.1 Å². The molecule has 1 heterocycles. The summed E-state index contributed by atoms with van der Waals surface area (Å²) in [5.41, 5.74) is 0.0287. The topological polar surface area (TPSA) is 34.1 Å². The van der Waals surface area contributed by atoms with Crippen LogP contribution < -0.4 is 10.1 Å². The molecule has 1 saturated carbocycles. The van der Waals surface area contributed by atoms with Gasteiger partial charge in [-0.3, -0.25) is 0 Å². The van der Waals surface area contributed by atoms with E-state index in [9.17, 15) is 0 Å². The minimum atomic E-state index is 0.0287. The molecule has 3 nitrogen and oxygen atoms in total. The highest BCUT2D eigenvalue weighted by Gasteiger charge is 2.33. The first-order chi connectivity index (χ1) is 7.78. The molecule has 16 heavy (non-hydrogen) atoms. The summed E-state index contributed by atoms with van der Waals surface area (Å²) in [5, 5.41) is 3.46. The fourth-order valence-electron chi connectivity index (χ4n) is 2.21. The summed E-state index contributed by atoms with van der Waals surface area (Å²) in [6.45, 7) is 0. The van der Waals surface area contributed by atoms with Gasteiger partial charge in [0.25, 0.3) is 0 Å². The first-order valence-electron chi connectivity index (χ1n) is 5.63. The van der Waals surface area contributed by atoms with Crippen LogP contribution in [-0.4, -0.2) is 23.5 Å². The average molecular weight is 241 g/mol. The highest BCUT2D eigenvalue weighted by Crippen LogP contribution is 2.33. The maximum Gasteiger partial charge on any atom is 0.214 e. The van der Waals surface area contributed by atoms with Crippen molar-refractivity contribution in [2.45, 2.75) is 31.2 Å². The maximum atomic E-state index is 6.07. The normalized spacial score (nSPS) is 18.4. The number of nitrogens with zero attached hydrogens (tertiary/aromatic N) is 1. The van der Waals surface area contributed by atoms with Crippen molar-refractivity contribution in [1.29, 1.82) is 0 Å². The lowest BCUT2D eigenvalue weighted by molar-refractivity contribution is 0.398. The summed E-state index contributed by atoms with van der Waals surface area (Å²) >= 11 is 6.07. The third-order valence-corrected chi connectivity index (χ3v) is 3.65. The smallest absolute Gasteiger partial charge is 0.214 e. The van der Waals surface area contributed by atoms with Crippen LogP contribution in [0.4, 0.5) is 5.82 Å². The standard InChI is InChI=1S/C12H17ClN2O/c1-16-11-6-4-5-10(14-11)15-12(9-13)7-2-3-8-12/h4-6H,2-3,7-9H2,1H3,(H,14,15). The van der Waals surface area contributed by atoms with E-state index in [1.165, 1.54) is 12.8 Å². The molecule has 1 fully saturated rings. The van der Waals surface area contributed by atoms with E-state index in [1.54, 1.807) is 7.11 Å². The van der Waals surface area contributed by atoms with Crippen LogP contribution in [0.3, 0.4) is 0 Å². The monoisotopic (exact) mass is 240 g/mol. The molecule has 0 amide bonds. The Labute approximate surface area is 101 Å². The molecular formula is C12H17ClN2O. The molecule has 0 bridgehead atoms. The van der Waals surface area contributed by atoms with E-state index in [-0.39, 0.29) is 5.54 Å². The van der Waals surface area contributed by atoms with Gasteiger partial charge in [0.05, 0.1) is 12.6 Å². The number of rotatable bonds is 4. The van der Waals surface area contributed by atoms with Crippen LogP contribution in [-0.2, 0) is 0 Å². The Kier molecular flexibility index (Phi) is 3.54. The molecule has 1 N–H and O–H groups in total. The molecular weight excluding hydrogens is 224 g/mol. The van der Waals surface area contributed by atoms with Crippen LogP contribution in [0.5, 0.6) is 5.88 Å². The Morgan fingerprint density at radius 3 is 2.81 bits per heavy atom. The number of hydrogen-bond donors (Lipinski definition) is 1. The lowest BCUT2D eigenvalue weighted by Gasteiger charge is -2.28. The number of halogens is 1. The number of nitrogens with one attached hydrogen (secondary N) is 1. The zero-order valence-electron chi connectivity index (χ0n) is 9.50. The van der Waals surface area contributed by atoms with Gasteiger partial charge in [-0.15, -0.1) is 11.6 Å². The third-order valence-electron chi connectivity index (χ3n) is 3.14. The van der Waals surface area contributed by atoms with Crippen molar-refractivity contribution >= 4 is 17.4 Å². The van der Waals surface area contributed by atoms with Crippen LogP contribution in [0.15, 0.2) is 18.2 Å². The van der Waals surface area contributed by atoms with E-state index < -0.39 is 0 Å². The molecule has 0 aromatic carbocycles. The predicted molar refractivity (Wildman–Crippen MR) is 66.3 cm³/mol. The van der Waals surface area contributed by atoms with Crippen molar-refractivity contribution in [3.05, 3.63) is 18.2 Å². The van der Waals surface area contributed by atoms with Gasteiger partial charge in [-0.1, -0.05) is 18.9 Å². The molecule has 0 unspecified atom stereocenters. The fraction of sp³-hybridized carbons (Fsp3) is 0.583. The fourth-order valence-corrected chi connectivity index (χ4v) is 2.55. The number of anilines is 1. The second-order valence-corrected chi connectivity index (χ2v) is 4.58. The zero-order valence-corrected chi connectivity index (χ0v) is 10.3. The van der Waals surface area contributed by atoms with Gasteiger partial charge in [-0.05, 0) is 18.9 Å². The molecule has 1 aliphatic rings. The number of aromatic nitrogens is 1. The Balaban J connectivity index is 2.12. The molecule has 0 aliphatic heterocycles. The lowest BCUT2D eigenvalue weighted by atomic mass is 10.0. The number of alkyl halides is 1. The van der Waals surface area contributed by atoms with Crippen LogP contribution in [0.2, 0.25) is 0 Å². The Morgan fingerprint density at radius 1 is 1.44 bits per heavy atom. The maximum absolute atomic E-state index is 6.07. The van der Waals surface area contributed by atoms with Gasteiger partial charge in [0.1, 0.15) is 5.82 Å². The summed E-state index contributed by atoms with van der Waals surface area (Å²) in [4.78, 5) is 4.36. The first kappa shape index (κ1) is 11.5. The van der Waals surface area contributed by atoms with Gasteiger partial charge in [0.15, 0.2) is 0 Å². The molecule has 0 spiro atoms. The van der Waals surface area contributed by atoms with Crippen molar-refractivity contribution in [3.63, 3.8) is 0 Å². The molecule has 1 aliphatic carbocycles. The van der Waals surface area contributed by atoms with Crippen molar-refractivity contribution in [2.75, 3.05) is 18.3 Å². The summed E-state index contributed by atoms with van der Waals surface area (Å²) < 4.78 is 5.10. The highest BCUT2D eigenvalue weighted by atomic mass is 35.5. The number of pyridine rings is 1. The zero-order chi connectivity index (χ0) is 11.4. The van der Waals surface area contributed by atoms with E-state index >= 15 is 0 Å². The van der Waals surface area contributed by atoms with Crippen molar-refractivity contribution in [3.8, 4) is 5.88 Å². The molecule has 1 aromatic heterocycles. The van der Waals surface area contributed by atoms with Crippen molar-refractivity contribution < 1.29 is 4.74 Å². The summed E-state index contributed by atoms with van der Waals surface area (Å²) in [7, 11) is 1.62. The molecule has 1 aromatic rings. The van der Waals surface area contributed by atoms with E-state index in [0.29, 0.717) is 11.8 Å². The predicted octanol–water partition coefficient (Wildman–Crippen LogP) is 3.05. The molecule has 88 valence electrons. The summed E-state index contributed by atoms with van der Waals surface area (Å²) in [6, 6.07) is 5.73. The largest absolute Gasteiger partial charge is 0.481 e.